The van der Waals surface area contributed by atoms with Crippen molar-refractivity contribution in [1.82, 2.24) is 0 Å². The molecule has 0 bridgehead atoms. The summed E-state index contributed by atoms with van der Waals surface area (Å²) in [6.07, 6.45) is 0.00741. The number of carboxylic acids is 1. The second-order valence-electron chi connectivity index (χ2n) is 2.51. The van der Waals surface area contributed by atoms with E-state index >= 15 is 0 Å². The number of carbonyl (C=O) groups excluding carboxylic acids is 1. The fourth-order valence-corrected chi connectivity index (χ4v) is 0.688. The molecule has 0 aliphatic heterocycles. The van der Waals surface area contributed by atoms with Crippen molar-refractivity contribution in [3.05, 3.63) is 0 Å². The van der Waals surface area contributed by atoms with Crippen LogP contribution in [0.25, 0.3) is 0 Å². The molecule has 0 rings (SSSR count). The van der Waals surface area contributed by atoms with Crippen molar-refractivity contribution in [2.75, 3.05) is 0 Å². The van der Waals surface area contributed by atoms with E-state index in [1.54, 1.807) is 6.92 Å². The summed E-state index contributed by atoms with van der Waals surface area (Å²) < 4.78 is 0. The smallest absolute Gasteiger partial charge is 0.320 e. The van der Waals surface area contributed by atoms with E-state index in [1.807, 2.05) is 13.8 Å². The van der Waals surface area contributed by atoms with E-state index in [1.165, 1.54) is 0 Å². The summed E-state index contributed by atoms with van der Waals surface area (Å²) >= 11 is 0. The minimum Gasteiger partial charge on any atom is -0.480 e. The maximum absolute atomic E-state index is 10.3. The Morgan fingerprint density at radius 1 is 1.38 bits per heavy atom. The number of carboxylic acid groups (broad SMARTS) is 1. The maximum Gasteiger partial charge on any atom is 0.320 e. The molecule has 0 aromatic rings. The lowest BCUT2D eigenvalue weighted by atomic mass is 9.99. The van der Waals surface area contributed by atoms with E-state index < -0.39 is 23.8 Å². The van der Waals surface area contributed by atoms with E-state index in [0.717, 1.165) is 0 Å². The van der Waals surface area contributed by atoms with Gasteiger partial charge in [-0.2, -0.15) is 0 Å². The largest absolute Gasteiger partial charge is 0.480 e. The molecule has 0 spiro atoms. The lowest BCUT2D eigenvalue weighted by Crippen LogP contribution is -2.38. The predicted octanol–water partition coefficient (Wildman–Crippen LogP) is -0.0640. The molecule has 0 aliphatic rings. The molecule has 0 aromatic carbocycles. The maximum atomic E-state index is 10.3. The van der Waals surface area contributed by atoms with Crippen LogP contribution in [0.15, 0.2) is 0 Å². The zero-order valence-corrected chi connectivity index (χ0v) is 8.28. The first-order valence-electron chi connectivity index (χ1n) is 4.22. The number of amides is 1. The highest BCUT2D eigenvalue weighted by Crippen LogP contribution is 2.04. The summed E-state index contributed by atoms with van der Waals surface area (Å²) in [4.78, 5) is 20.6. The first kappa shape index (κ1) is 14.4. The number of primary amides is 1. The van der Waals surface area contributed by atoms with Gasteiger partial charge in [-0.05, 0) is 5.92 Å². The normalized spacial score (nSPS) is 13.5. The molecule has 0 saturated heterocycles. The molecule has 0 saturated carbocycles. The Bertz CT molecular complexity index is 171. The second-order valence-corrected chi connectivity index (χ2v) is 2.51. The zero-order valence-electron chi connectivity index (χ0n) is 8.28. The van der Waals surface area contributed by atoms with Gasteiger partial charge in [0.15, 0.2) is 0 Å². The van der Waals surface area contributed by atoms with Crippen LogP contribution in [0.5, 0.6) is 0 Å². The summed E-state index contributed by atoms with van der Waals surface area (Å²) in [7, 11) is 0. The van der Waals surface area contributed by atoms with E-state index in [-0.39, 0.29) is 6.42 Å². The number of carbonyl (C=O) groups is 2. The Labute approximate surface area is 78.1 Å². The van der Waals surface area contributed by atoms with Crippen molar-refractivity contribution in [3.8, 4) is 0 Å². The van der Waals surface area contributed by atoms with Crippen molar-refractivity contribution in [2.24, 2.45) is 17.4 Å². The van der Waals surface area contributed by atoms with Crippen molar-refractivity contribution in [3.63, 3.8) is 0 Å². The van der Waals surface area contributed by atoms with Crippen molar-refractivity contribution >= 4 is 11.9 Å². The van der Waals surface area contributed by atoms with Gasteiger partial charge in [0.2, 0.25) is 5.91 Å². The summed E-state index contributed by atoms with van der Waals surface area (Å²) in [6, 6.07) is -1.01. The highest BCUT2D eigenvalue weighted by Gasteiger charge is 2.20. The Morgan fingerprint density at radius 3 is 2.00 bits per heavy atom. The Morgan fingerprint density at radius 2 is 1.77 bits per heavy atom. The average Bonchev–Trinajstić information content (AvgIpc) is 2.05. The van der Waals surface area contributed by atoms with Gasteiger partial charge in [0.25, 0.3) is 0 Å². The van der Waals surface area contributed by atoms with Crippen molar-refractivity contribution in [1.29, 1.82) is 0 Å². The van der Waals surface area contributed by atoms with E-state index in [4.69, 9.17) is 16.6 Å². The van der Waals surface area contributed by atoms with Gasteiger partial charge in [0.1, 0.15) is 6.04 Å². The zero-order chi connectivity index (χ0) is 11.0. The number of rotatable bonds is 4. The van der Waals surface area contributed by atoms with Crippen LogP contribution in [0.1, 0.15) is 27.2 Å². The molecule has 0 radical (unpaired) electrons. The van der Waals surface area contributed by atoms with Gasteiger partial charge in [0, 0.05) is 6.42 Å². The molecule has 2 unspecified atom stereocenters. The summed E-state index contributed by atoms with van der Waals surface area (Å²) in [6.45, 7) is 5.57. The molecule has 0 heterocycles. The summed E-state index contributed by atoms with van der Waals surface area (Å²) in [5.74, 6) is -2.06. The number of nitrogens with two attached hydrogens (primary N) is 2. The minimum absolute atomic E-state index is 0.00741. The SMILES string of the molecule is CC.CC(CC(N)=O)C(N)C(=O)O. The highest BCUT2D eigenvalue weighted by molar-refractivity contribution is 5.77. The third kappa shape index (κ3) is 7.27. The van der Waals surface area contributed by atoms with Gasteiger partial charge >= 0.3 is 5.97 Å². The fraction of sp³-hybridized carbons (Fsp3) is 0.750. The monoisotopic (exact) mass is 190 g/mol. The van der Waals surface area contributed by atoms with E-state index in [0.29, 0.717) is 0 Å². The number of hydrogen-bond donors (Lipinski definition) is 3. The highest BCUT2D eigenvalue weighted by atomic mass is 16.4. The van der Waals surface area contributed by atoms with E-state index in [9.17, 15) is 9.59 Å². The van der Waals surface area contributed by atoms with Crippen LogP contribution in [0.4, 0.5) is 0 Å². The third-order valence-corrected chi connectivity index (χ3v) is 1.42. The van der Waals surface area contributed by atoms with Crippen LogP contribution in [0, 0.1) is 5.92 Å². The van der Waals surface area contributed by atoms with Crippen molar-refractivity contribution < 1.29 is 14.7 Å². The van der Waals surface area contributed by atoms with Crippen LogP contribution in [0.2, 0.25) is 0 Å². The Kier molecular flexibility index (Phi) is 8.37. The van der Waals surface area contributed by atoms with Crippen LogP contribution in [0.3, 0.4) is 0 Å². The molecular weight excluding hydrogens is 172 g/mol. The molecule has 5 nitrogen and oxygen atoms in total. The average molecular weight is 190 g/mol. The molecule has 0 aromatic heterocycles. The standard InChI is InChI=1S/C6H12N2O3.C2H6/c1-3(2-4(7)9)5(8)6(10)11;1-2/h3,5H,2,8H2,1H3,(H2,7,9)(H,10,11);1-2H3. The molecule has 5 heteroatoms. The minimum atomic E-state index is -1.11. The topological polar surface area (TPSA) is 106 Å². The van der Waals surface area contributed by atoms with Gasteiger partial charge in [-0.25, -0.2) is 0 Å². The molecule has 2 atom stereocenters. The molecule has 5 N–H and O–H groups in total. The molecule has 0 aliphatic carbocycles. The molecule has 0 fully saturated rings. The van der Waals surface area contributed by atoms with Crippen LogP contribution >= 0.6 is 0 Å². The van der Waals surface area contributed by atoms with E-state index in [2.05, 4.69) is 0 Å². The Hall–Kier alpha value is -1.10. The predicted molar refractivity (Wildman–Crippen MR) is 49.9 cm³/mol. The number of hydrogen-bond acceptors (Lipinski definition) is 3. The van der Waals surface area contributed by atoms with Crippen LogP contribution < -0.4 is 11.5 Å². The summed E-state index contributed by atoms with van der Waals surface area (Å²) in [5, 5.41) is 8.39. The summed E-state index contributed by atoms with van der Waals surface area (Å²) in [5.41, 5.74) is 10.0. The molecule has 1 amide bonds. The lowest BCUT2D eigenvalue weighted by molar-refractivity contribution is -0.139. The lowest BCUT2D eigenvalue weighted by Gasteiger charge is -2.12. The van der Waals surface area contributed by atoms with Crippen LogP contribution in [-0.2, 0) is 9.59 Å². The van der Waals surface area contributed by atoms with Gasteiger partial charge in [0.05, 0.1) is 0 Å². The van der Waals surface area contributed by atoms with Crippen LogP contribution in [-0.4, -0.2) is 23.0 Å². The van der Waals surface area contributed by atoms with Gasteiger partial charge < -0.3 is 16.6 Å². The fourth-order valence-electron chi connectivity index (χ4n) is 0.688. The second kappa shape index (κ2) is 7.54. The third-order valence-electron chi connectivity index (χ3n) is 1.42. The quantitative estimate of drug-likeness (QED) is 0.577. The van der Waals surface area contributed by atoms with Gasteiger partial charge in [-0.1, -0.05) is 20.8 Å². The van der Waals surface area contributed by atoms with Gasteiger partial charge in [-0.3, -0.25) is 9.59 Å². The molecular formula is C8H18N2O3. The number of aliphatic carboxylic acids is 1. The molecule has 13 heavy (non-hydrogen) atoms. The Balaban J connectivity index is 0. The van der Waals surface area contributed by atoms with Crippen molar-refractivity contribution in [2.45, 2.75) is 33.2 Å². The first-order chi connectivity index (χ1) is 5.95. The first-order valence-corrected chi connectivity index (χ1v) is 4.22. The van der Waals surface area contributed by atoms with Gasteiger partial charge in [-0.15, -0.1) is 0 Å². The molecule has 78 valence electrons.